The van der Waals surface area contributed by atoms with Crippen molar-refractivity contribution in [2.75, 3.05) is 39.0 Å². The van der Waals surface area contributed by atoms with Gasteiger partial charge in [0.1, 0.15) is 0 Å². The summed E-state index contributed by atoms with van der Waals surface area (Å²) in [5.74, 6) is 0.324. The Morgan fingerprint density at radius 2 is 1.92 bits per heavy atom. The lowest BCUT2D eigenvalue weighted by Crippen LogP contribution is -2.43. The number of likely N-dealkylation sites (tertiary alicyclic amines) is 1. The van der Waals surface area contributed by atoms with Crippen molar-refractivity contribution < 1.29 is 9.59 Å². The van der Waals surface area contributed by atoms with Crippen molar-refractivity contribution in [3.63, 3.8) is 0 Å². The first kappa shape index (κ1) is 18.5. The number of benzene rings is 1. The van der Waals surface area contributed by atoms with Crippen molar-refractivity contribution in [2.45, 2.75) is 33.1 Å². The lowest BCUT2D eigenvalue weighted by molar-refractivity contribution is -0.134. The fourth-order valence-electron chi connectivity index (χ4n) is 3.29. The second-order valence-corrected chi connectivity index (χ2v) is 6.79. The van der Waals surface area contributed by atoms with Crippen LogP contribution in [0.15, 0.2) is 18.2 Å². The zero-order valence-corrected chi connectivity index (χ0v) is 15.3. The van der Waals surface area contributed by atoms with E-state index in [1.165, 1.54) is 5.56 Å². The molecular formula is C19H29N3O2. The van der Waals surface area contributed by atoms with Gasteiger partial charge >= 0.3 is 0 Å². The maximum Gasteiger partial charge on any atom is 0.238 e. The van der Waals surface area contributed by atoms with Gasteiger partial charge in [0.05, 0.1) is 6.54 Å². The summed E-state index contributed by atoms with van der Waals surface area (Å²) in [4.78, 5) is 28.2. The highest BCUT2D eigenvalue weighted by molar-refractivity contribution is 5.93. The summed E-state index contributed by atoms with van der Waals surface area (Å²) in [6.45, 7) is 6.10. The minimum Gasteiger partial charge on any atom is -0.349 e. The Morgan fingerprint density at radius 3 is 2.50 bits per heavy atom. The van der Waals surface area contributed by atoms with Gasteiger partial charge < -0.3 is 10.2 Å². The molecular weight excluding hydrogens is 302 g/mol. The summed E-state index contributed by atoms with van der Waals surface area (Å²) in [6.07, 6.45) is 2.55. The number of piperidine rings is 1. The largest absolute Gasteiger partial charge is 0.349 e. The van der Waals surface area contributed by atoms with Crippen LogP contribution in [0, 0.1) is 12.8 Å². The molecule has 2 amide bonds. The summed E-state index contributed by atoms with van der Waals surface area (Å²) in [6, 6.07) is 6.10. The highest BCUT2D eigenvalue weighted by atomic mass is 16.2. The Labute approximate surface area is 145 Å². The van der Waals surface area contributed by atoms with E-state index in [4.69, 9.17) is 0 Å². The molecule has 0 atom stereocenters. The van der Waals surface area contributed by atoms with Crippen molar-refractivity contribution in [2.24, 2.45) is 5.92 Å². The zero-order chi connectivity index (χ0) is 17.7. The number of hydrogen-bond acceptors (Lipinski definition) is 3. The van der Waals surface area contributed by atoms with Crippen molar-refractivity contribution in [3.05, 3.63) is 29.3 Å². The third-order valence-corrected chi connectivity index (χ3v) is 4.75. The molecule has 0 spiro atoms. The number of carbonyl (C=O) groups excluding carboxylic acids is 2. The quantitative estimate of drug-likeness (QED) is 0.901. The highest BCUT2D eigenvalue weighted by Crippen LogP contribution is 2.22. The van der Waals surface area contributed by atoms with Gasteiger partial charge in [0, 0.05) is 25.7 Å². The number of amides is 2. The smallest absolute Gasteiger partial charge is 0.238 e. The molecule has 0 radical (unpaired) electrons. The molecule has 0 aliphatic carbocycles. The van der Waals surface area contributed by atoms with Gasteiger partial charge in [0.25, 0.3) is 0 Å². The van der Waals surface area contributed by atoms with Crippen LogP contribution in [0.2, 0.25) is 0 Å². The molecule has 1 fully saturated rings. The molecule has 5 heteroatoms. The first-order valence-electron chi connectivity index (χ1n) is 8.74. The predicted molar refractivity (Wildman–Crippen MR) is 97.0 cm³/mol. The number of hydrogen-bond donors (Lipinski definition) is 1. The summed E-state index contributed by atoms with van der Waals surface area (Å²) in [7, 11) is 3.60. The van der Waals surface area contributed by atoms with E-state index in [9.17, 15) is 9.59 Å². The molecule has 2 rings (SSSR count). The van der Waals surface area contributed by atoms with Gasteiger partial charge in [-0.25, -0.2) is 0 Å². The first-order valence-corrected chi connectivity index (χ1v) is 8.74. The predicted octanol–water partition coefficient (Wildman–Crippen LogP) is 2.30. The molecule has 1 aliphatic heterocycles. The number of anilines is 1. The van der Waals surface area contributed by atoms with Crippen LogP contribution in [-0.4, -0.2) is 55.3 Å². The molecule has 1 heterocycles. The number of aryl methyl sites for hydroxylation is 2. The molecule has 1 aliphatic rings. The molecule has 1 aromatic rings. The summed E-state index contributed by atoms with van der Waals surface area (Å²) >= 11 is 0. The monoisotopic (exact) mass is 331 g/mol. The fourth-order valence-corrected chi connectivity index (χ4v) is 3.29. The molecule has 1 aromatic carbocycles. The van der Waals surface area contributed by atoms with Gasteiger partial charge in [-0.05, 0) is 50.4 Å². The molecule has 1 N–H and O–H groups in total. The summed E-state index contributed by atoms with van der Waals surface area (Å²) in [5, 5.41) is 3.07. The normalized spacial score (nSPS) is 16.0. The Bertz CT molecular complexity index is 590. The van der Waals surface area contributed by atoms with E-state index in [0.29, 0.717) is 6.54 Å². The second-order valence-electron chi connectivity index (χ2n) is 6.79. The minimum absolute atomic E-state index is 0.0244. The third-order valence-electron chi connectivity index (χ3n) is 4.75. The number of rotatable bonds is 5. The van der Waals surface area contributed by atoms with Crippen LogP contribution >= 0.6 is 0 Å². The maximum atomic E-state index is 12.4. The van der Waals surface area contributed by atoms with Crippen LogP contribution in [0.4, 0.5) is 5.69 Å². The van der Waals surface area contributed by atoms with E-state index in [2.05, 4.69) is 23.2 Å². The van der Waals surface area contributed by atoms with Gasteiger partial charge in [-0.3, -0.25) is 14.5 Å². The summed E-state index contributed by atoms with van der Waals surface area (Å²) in [5.41, 5.74) is 3.21. The van der Waals surface area contributed by atoms with E-state index in [1.54, 1.807) is 19.0 Å². The maximum absolute atomic E-state index is 12.4. The standard InChI is InChI=1S/C19H29N3O2/c1-5-15-8-6-7-14(2)18(15)20-17(23)13-22-11-9-16(10-12-22)19(24)21(3)4/h6-8,16H,5,9-13H2,1-4H3,(H,20,23). The van der Waals surface area contributed by atoms with Gasteiger partial charge in [-0.2, -0.15) is 0 Å². The topological polar surface area (TPSA) is 52.7 Å². The van der Waals surface area contributed by atoms with Crippen molar-refractivity contribution >= 4 is 17.5 Å². The third kappa shape index (κ3) is 4.57. The SMILES string of the molecule is CCc1cccc(C)c1NC(=O)CN1CCC(C(=O)N(C)C)CC1. The average Bonchev–Trinajstić information content (AvgIpc) is 2.56. The van der Waals surface area contributed by atoms with Crippen LogP contribution in [0.3, 0.4) is 0 Å². The van der Waals surface area contributed by atoms with Crippen LogP contribution in [0.25, 0.3) is 0 Å². The van der Waals surface area contributed by atoms with E-state index in [-0.39, 0.29) is 17.7 Å². The number of nitrogens with zero attached hydrogens (tertiary/aromatic N) is 2. The molecule has 0 aromatic heterocycles. The highest BCUT2D eigenvalue weighted by Gasteiger charge is 2.26. The summed E-state index contributed by atoms with van der Waals surface area (Å²) < 4.78 is 0. The fraction of sp³-hybridized carbons (Fsp3) is 0.579. The van der Waals surface area contributed by atoms with Gasteiger partial charge in [-0.1, -0.05) is 25.1 Å². The second kappa shape index (κ2) is 8.29. The Morgan fingerprint density at radius 1 is 1.25 bits per heavy atom. The minimum atomic E-state index is 0.0244. The molecule has 0 unspecified atom stereocenters. The molecule has 5 nitrogen and oxygen atoms in total. The Kier molecular flexibility index (Phi) is 6.37. The lowest BCUT2D eigenvalue weighted by Gasteiger charge is -2.32. The number of nitrogens with one attached hydrogen (secondary N) is 1. The Balaban J connectivity index is 1.88. The number of carbonyl (C=O) groups is 2. The molecule has 0 bridgehead atoms. The lowest BCUT2D eigenvalue weighted by atomic mass is 9.95. The zero-order valence-electron chi connectivity index (χ0n) is 15.3. The van der Waals surface area contributed by atoms with Crippen molar-refractivity contribution in [1.82, 2.24) is 9.80 Å². The van der Waals surface area contributed by atoms with E-state index < -0.39 is 0 Å². The average molecular weight is 331 g/mol. The molecule has 0 saturated carbocycles. The van der Waals surface area contributed by atoms with Gasteiger partial charge in [-0.15, -0.1) is 0 Å². The molecule has 1 saturated heterocycles. The molecule has 132 valence electrons. The van der Waals surface area contributed by atoms with Gasteiger partial charge in [0.15, 0.2) is 0 Å². The Hall–Kier alpha value is -1.88. The van der Waals surface area contributed by atoms with E-state index in [0.717, 1.165) is 43.6 Å². The van der Waals surface area contributed by atoms with Crippen LogP contribution in [0.5, 0.6) is 0 Å². The van der Waals surface area contributed by atoms with Crippen molar-refractivity contribution in [1.29, 1.82) is 0 Å². The van der Waals surface area contributed by atoms with Crippen LogP contribution in [-0.2, 0) is 16.0 Å². The van der Waals surface area contributed by atoms with Crippen LogP contribution in [0.1, 0.15) is 30.9 Å². The van der Waals surface area contributed by atoms with Crippen molar-refractivity contribution in [3.8, 4) is 0 Å². The number of para-hydroxylation sites is 1. The first-order chi connectivity index (χ1) is 11.4. The van der Waals surface area contributed by atoms with Gasteiger partial charge in [0.2, 0.25) is 11.8 Å². The van der Waals surface area contributed by atoms with E-state index in [1.807, 2.05) is 19.1 Å². The molecule has 24 heavy (non-hydrogen) atoms. The van der Waals surface area contributed by atoms with Crippen LogP contribution < -0.4 is 5.32 Å². The van der Waals surface area contributed by atoms with E-state index >= 15 is 0 Å².